The van der Waals surface area contributed by atoms with Gasteiger partial charge in [-0.1, -0.05) is 12.1 Å². The van der Waals surface area contributed by atoms with Crippen LogP contribution in [0.25, 0.3) is 21.9 Å². The number of aryl methyl sites for hydroxylation is 2. The average Bonchev–Trinajstić information content (AvgIpc) is 2.93. The van der Waals surface area contributed by atoms with Crippen molar-refractivity contribution in [2.24, 2.45) is 7.05 Å². The molecule has 0 spiro atoms. The highest BCUT2D eigenvalue weighted by Crippen LogP contribution is 2.19. The molecule has 7 heteroatoms. The molecule has 26 heavy (non-hydrogen) atoms. The molecular formula is C19H17N5O2. The van der Waals surface area contributed by atoms with Gasteiger partial charge in [-0.3, -0.25) is 0 Å². The predicted octanol–water partition coefficient (Wildman–Crippen LogP) is 2.76. The zero-order valence-electron chi connectivity index (χ0n) is 14.4. The Morgan fingerprint density at radius 2 is 1.92 bits per heavy atom. The Balaban J connectivity index is 1.55. The summed E-state index contributed by atoms with van der Waals surface area (Å²) >= 11 is 0. The maximum Gasteiger partial charge on any atom is 0.338 e. The third-order valence-corrected chi connectivity index (χ3v) is 4.35. The fourth-order valence-electron chi connectivity index (χ4n) is 2.88. The summed E-state index contributed by atoms with van der Waals surface area (Å²) in [5, 5.41) is 0.776. The summed E-state index contributed by atoms with van der Waals surface area (Å²) in [6, 6.07) is 12.7. The molecule has 0 atom stereocenters. The van der Waals surface area contributed by atoms with Crippen molar-refractivity contribution in [3.8, 4) is 0 Å². The van der Waals surface area contributed by atoms with E-state index in [0.29, 0.717) is 17.2 Å². The molecule has 0 aliphatic rings. The number of nitrogens with zero attached hydrogens (tertiary/aromatic N) is 4. The van der Waals surface area contributed by atoms with Crippen LogP contribution in [0.1, 0.15) is 22.0 Å². The number of hydrogen-bond acceptors (Lipinski definition) is 6. The highest BCUT2D eigenvalue weighted by Gasteiger charge is 2.13. The monoisotopic (exact) mass is 347 g/mol. The first kappa shape index (κ1) is 16.0. The van der Waals surface area contributed by atoms with Gasteiger partial charge in [-0.2, -0.15) is 0 Å². The molecule has 2 heterocycles. The summed E-state index contributed by atoms with van der Waals surface area (Å²) in [5.74, 6) is 1.16. The van der Waals surface area contributed by atoms with Crippen LogP contribution in [0.15, 0.2) is 42.5 Å². The molecule has 0 aliphatic carbocycles. The van der Waals surface area contributed by atoms with E-state index in [4.69, 9.17) is 10.5 Å². The van der Waals surface area contributed by atoms with Crippen LogP contribution in [-0.2, 0) is 18.4 Å². The molecule has 0 radical (unpaired) electrons. The quantitative estimate of drug-likeness (QED) is 0.573. The van der Waals surface area contributed by atoms with Gasteiger partial charge >= 0.3 is 5.97 Å². The molecule has 0 saturated carbocycles. The molecule has 0 saturated heterocycles. The molecule has 7 nitrogen and oxygen atoms in total. The van der Waals surface area contributed by atoms with Crippen molar-refractivity contribution in [3.63, 3.8) is 0 Å². The van der Waals surface area contributed by atoms with Gasteiger partial charge in [0.1, 0.15) is 11.6 Å². The smallest absolute Gasteiger partial charge is 0.338 e. The van der Waals surface area contributed by atoms with E-state index in [1.807, 2.05) is 48.9 Å². The lowest BCUT2D eigenvalue weighted by molar-refractivity contribution is 0.0463. The van der Waals surface area contributed by atoms with Crippen molar-refractivity contribution in [1.29, 1.82) is 0 Å². The summed E-state index contributed by atoms with van der Waals surface area (Å²) in [7, 11) is 1.93. The second kappa shape index (κ2) is 6.11. The van der Waals surface area contributed by atoms with Crippen LogP contribution in [0.3, 0.4) is 0 Å². The molecule has 0 amide bonds. The van der Waals surface area contributed by atoms with Gasteiger partial charge in [-0.25, -0.2) is 19.7 Å². The number of aromatic nitrogens is 4. The summed E-state index contributed by atoms with van der Waals surface area (Å²) in [6.07, 6.45) is 0. The molecule has 0 aliphatic heterocycles. The van der Waals surface area contributed by atoms with Gasteiger partial charge in [-0.15, -0.1) is 0 Å². The zero-order chi connectivity index (χ0) is 18.3. The van der Waals surface area contributed by atoms with E-state index in [-0.39, 0.29) is 6.61 Å². The van der Waals surface area contributed by atoms with Crippen LogP contribution in [0.2, 0.25) is 0 Å². The van der Waals surface area contributed by atoms with Crippen LogP contribution in [0.5, 0.6) is 0 Å². The van der Waals surface area contributed by atoms with Crippen molar-refractivity contribution >= 4 is 33.7 Å². The molecule has 2 N–H and O–H groups in total. The lowest BCUT2D eigenvalue weighted by Gasteiger charge is -2.07. The standard InChI is InChI=1S/C19H17N5O2/c1-11-21-15-9-12(7-8-16(15)24(11)2)19(25)26-10-17-22-14-6-4-3-5-13(14)18(20)23-17/h3-9H,10H2,1-2H3,(H2,20,22,23). The Morgan fingerprint density at radius 3 is 2.77 bits per heavy atom. The Morgan fingerprint density at radius 1 is 1.12 bits per heavy atom. The number of carbonyl (C=O) groups excluding carboxylic acids is 1. The first-order chi connectivity index (χ1) is 12.5. The van der Waals surface area contributed by atoms with Crippen LogP contribution in [0, 0.1) is 6.92 Å². The third kappa shape index (κ3) is 2.73. The number of ether oxygens (including phenoxy) is 1. The summed E-state index contributed by atoms with van der Waals surface area (Å²) in [4.78, 5) is 25.4. The summed E-state index contributed by atoms with van der Waals surface area (Å²) < 4.78 is 7.32. The Bertz CT molecular complexity index is 1150. The fourth-order valence-corrected chi connectivity index (χ4v) is 2.88. The van der Waals surface area contributed by atoms with Crippen LogP contribution >= 0.6 is 0 Å². The number of hydrogen-bond donors (Lipinski definition) is 1. The van der Waals surface area contributed by atoms with E-state index in [9.17, 15) is 4.79 Å². The maximum absolute atomic E-state index is 12.4. The molecule has 4 aromatic rings. The molecule has 2 aromatic heterocycles. The first-order valence-corrected chi connectivity index (χ1v) is 8.14. The molecule has 2 aromatic carbocycles. The van der Waals surface area contributed by atoms with E-state index in [0.717, 1.165) is 27.8 Å². The van der Waals surface area contributed by atoms with Gasteiger partial charge in [0.2, 0.25) is 0 Å². The van der Waals surface area contributed by atoms with E-state index in [1.165, 1.54) is 0 Å². The SMILES string of the molecule is Cc1nc2cc(C(=O)OCc3nc(N)c4ccccc4n3)ccc2n1C. The van der Waals surface area contributed by atoms with Gasteiger partial charge in [-0.05, 0) is 37.3 Å². The van der Waals surface area contributed by atoms with Crippen LogP contribution < -0.4 is 5.73 Å². The van der Waals surface area contributed by atoms with Crippen molar-refractivity contribution in [1.82, 2.24) is 19.5 Å². The van der Waals surface area contributed by atoms with Gasteiger partial charge < -0.3 is 15.0 Å². The molecule has 130 valence electrons. The Kier molecular flexibility index (Phi) is 3.76. The molecular weight excluding hydrogens is 330 g/mol. The fraction of sp³-hybridized carbons (Fsp3) is 0.158. The molecule has 0 unspecified atom stereocenters. The van der Waals surface area contributed by atoms with E-state index >= 15 is 0 Å². The first-order valence-electron chi connectivity index (χ1n) is 8.14. The average molecular weight is 347 g/mol. The number of imidazole rings is 1. The molecule has 0 bridgehead atoms. The Labute approximate surface area is 149 Å². The van der Waals surface area contributed by atoms with Gasteiger partial charge in [0, 0.05) is 12.4 Å². The van der Waals surface area contributed by atoms with Gasteiger partial charge in [0.05, 0.1) is 22.1 Å². The number of fused-ring (bicyclic) bond motifs is 2. The second-order valence-electron chi connectivity index (χ2n) is 6.04. The van der Waals surface area contributed by atoms with E-state index < -0.39 is 5.97 Å². The van der Waals surface area contributed by atoms with Crippen molar-refractivity contribution < 1.29 is 9.53 Å². The second-order valence-corrected chi connectivity index (χ2v) is 6.04. The van der Waals surface area contributed by atoms with Crippen molar-refractivity contribution in [3.05, 3.63) is 59.7 Å². The number of para-hydroxylation sites is 1. The highest BCUT2D eigenvalue weighted by atomic mass is 16.5. The number of nitrogen functional groups attached to an aromatic ring is 1. The van der Waals surface area contributed by atoms with Crippen molar-refractivity contribution in [2.45, 2.75) is 13.5 Å². The highest BCUT2D eigenvalue weighted by molar-refractivity contribution is 5.93. The normalized spacial score (nSPS) is 11.2. The predicted molar refractivity (Wildman–Crippen MR) is 98.5 cm³/mol. The topological polar surface area (TPSA) is 95.9 Å². The number of nitrogens with two attached hydrogens (primary N) is 1. The number of carbonyl (C=O) groups is 1. The van der Waals surface area contributed by atoms with E-state index in [1.54, 1.807) is 12.1 Å². The number of esters is 1. The molecule has 4 rings (SSSR count). The van der Waals surface area contributed by atoms with E-state index in [2.05, 4.69) is 15.0 Å². The lowest BCUT2D eigenvalue weighted by Crippen LogP contribution is -2.08. The van der Waals surface area contributed by atoms with Crippen LogP contribution in [-0.4, -0.2) is 25.5 Å². The summed E-state index contributed by atoms with van der Waals surface area (Å²) in [5.41, 5.74) is 8.82. The number of anilines is 1. The third-order valence-electron chi connectivity index (χ3n) is 4.35. The summed E-state index contributed by atoms with van der Waals surface area (Å²) in [6.45, 7) is 1.87. The van der Waals surface area contributed by atoms with Crippen molar-refractivity contribution in [2.75, 3.05) is 5.73 Å². The van der Waals surface area contributed by atoms with Gasteiger partial charge in [0.25, 0.3) is 0 Å². The number of rotatable bonds is 3. The minimum atomic E-state index is -0.453. The number of benzene rings is 2. The lowest BCUT2D eigenvalue weighted by atomic mass is 10.2. The minimum Gasteiger partial charge on any atom is -0.454 e. The largest absolute Gasteiger partial charge is 0.454 e. The maximum atomic E-state index is 12.4. The van der Waals surface area contributed by atoms with Gasteiger partial charge in [0.15, 0.2) is 12.4 Å². The Hall–Kier alpha value is -3.48. The minimum absolute atomic E-state index is 0.0485. The van der Waals surface area contributed by atoms with Crippen LogP contribution in [0.4, 0.5) is 5.82 Å². The zero-order valence-corrected chi connectivity index (χ0v) is 14.4. The molecule has 0 fully saturated rings.